The predicted octanol–water partition coefficient (Wildman–Crippen LogP) is 2.65. The molecule has 0 fully saturated rings. The van der Waals surface area contributed by atoms with Crippen LogP contribution in [-0.2, 0) is 14.4 Å². The molecule has 7 nitrogen and oxygen atoms in total. The number of nitrogens with zero attached hydrogens (tertiary/aromatic N) is 2. The number of carbonyl (C=O) groups excluding carboxylic acids is 3. The number of hydrogen-bond donors (Lipinski definition) is 2. The fraction of sp³-hybridized carbons (Fsp3) is 0.286. The number of benzene rings is 2. The van der Waals surface area contributed by atoms with Crippen molar-refractivity contribution in [3.05, 3.63) is 48.5 Å². The molecule has 1 heterocycles. The second kappa shape index (κ2) is 9.11. The summed E-state index contributed by atoms with van der Waals surface area (Å²) in [5.41, 5.74) is 2.02. The van der Waals surface area contributed by atoms with Crippen LogP contribution in [0.25, 0.3) is 0 Å². The lowest BCUT2D eigenvalue weighted by molar-refractivity contribution is -0.126. The van der Waals surface area contributed by atoms with E-state index in [0.717, 1.165) is 10.6 Å². The highest BCUT2D eigenvalue weighted by Gasteiger charge is 2.31. The SMILES string of the molecule is CSc1ccccc1NC(=O)CN(C)[C@@H](C)C(=O)N1CC(=O)Nc2ccccc21. The minimum absolute atomic E-state index is 0.0404. The van der Waals surface area contributed by atoms with Gasteiger partial charge in [0.15, 0.2) is 0 Å². The zero-order valence-electron chi connectivity index (χ0n) is 16.6. The first-order chi connectivity index (χ1) is 13.9. The molecule has 1 aliphatic heterocycles. The molecule has 2 aromatic carbocycles. The highest BCUT2D eigenvalue weighted by atomic mass is 32.2. The first-order valence-corrected chi connectivity index (χ1v) is 10.5. The van der Waals surface area contributed by atoms with E-state index in [2.05, 4.69) is 10.6 Å². The molecule has 0 saturated heterocycles. The van der Waals surface area contributed by atoms with E-state index in [-0.39, 0.29) is 30.8 Å². The van der Waals surface area contributed by atoms with Gasteiger partial charge in [-0.15, -0.1) is 11.8 Å². The van der Waals surface area contributed by atoms with Crippen molar-refractivity contribution in [2.75, 3.05) is 41.9 Å². The number of amides is 3. The van der Waals surface area contributed by atoms with E-state index in [1.54, 1.807) is 48.8 Å². The van der Waals surface area contributed by atoms with Crippen LogP contribution in [0.2, 0.25) is 0 Å². The van der Waals surface area contributed by atoms with Crippen molar-refractivity contribution in [3.8, 4) is 0 Å². The summed E-state index contributed by atoms with van der Waals surface area (Å²) in [5, 5.41) is 5.67. The quantitative estimate of drug-likeness (QED) is 0.713. The van der Waals surface area contributed by atoms with E-state index in [1.807, 2.05) is 36.6 Å². The largest absolute Gasteiger partial charge is 0.324 e. The highest BCUT2D eigenvalue weighted by Crippen LogP contribution is 2.29. The number of fused-ring (bicyclic) bond motifs is 1. The molecule has 2 N–H and O–H groups in total. The van der Waals surface area contributed by atoms with Crippen LogP contribution in [0, 0.1) is 0 Å². The zero-order chi connectivity index (χ0) is 21.0. The molecule has 0 bridgehead atoms. The Balaban J connectivity index is 1.67. The molecule has 152 valence electrons. The Hall–Kier alpha value is -2.84. The topological polar surface area (TPSA) is 81.8 Å². The Bertz CT molecular complexity index is 934. The summed E-state index contributed by atoms with van der Waals surface area (Å²) < 4.78 is 0. The van der Waals surface area contributed by atoms with Crippen LogP contribution in [0.1, 0.15) is 6.92 Å². The number of hydrogen-bond acceptors (Lipinski definition) is 5. The van der Waals surface area contributed by atoms with Crippen LogP contribution in [0.4, 0.5) is 17.1 Å². The fourth-order valence-corrected chi connectivity index (χ4v) is 3.70. The third-order valence-corrected chi connectivity index (χ3v) is 5.63. The van der Waals surface area contributed by atoms with Gasteiger partial charge in [-0.1, -0.05) is 24.3 Å². The van der Waals surface area contributed by atoms with Gasteiger partial charge in [0.05, 0.1) is 29.6 Å². The zero-order valence-corrected chi connectivity index (χ0v) is 17.5. The highest BCUT2D eigenvalue weighted by molar-refractivity contribution is 7.98. The van der Waals surface area contributed by atoms with Gasteiger partial charge >= 0.3 is 0 Å². The summed E-state index contributed by atoms with van der Waals surface area (Å²) in [5.74, 6) is -0.670. The summed E-state index contributed by atoms with van der Waals surface area (Å²) in [4.78, 5) is 41.7. The maximum atomic E-state index is 13.1. The Labute approximate surface area is 174 Å². The molecular weight excluding hydrogens is 388 g/mol. The van der Waals surface area contributed by atoms with Crippen LogP contribution in [0.15, 0.2) is 53.4 Å². The molecule has 2 aromatic rings. The number of likely N-dealkylation sites (N-methyl/N-ethyl adjacent to an activating group) is 1. The number of rotatable bonds is 6. The van der Waals surface area contributed by atoms with Crippen molar-refractivity contribution < 1.29 is 14.4 Å². The molecule has 0 aliphatic carbocycles. The van der Waals surface area contributed by atoms with Crippen molar-refractivity contribution in [2.45, 2.75) is 17.9 Å². The number of carbonyl (C=O) groups is 3. The summed E-state index contributed by atoms with van der Waals surface area (Å²) in [6.45, 7) is 1.75. The van der Waals surface area contributed by atoms with Crippen LogP contribution < -0.4 is 15.5 Å². The molecule has 0 saturated carbocycles. The van der Waals surface area contributed by atoms with Gasteiger partial charge in [0, 0.05) is 4.90 Å². The Kier molecular flexibility index (Phi) is 6.56. The molecule has 29 heavy (non-hydrogen) atoms. The van der Waals surface area contributed by atoms with Gasteiger partial charge in [-0.3, -0.25) is 24.2 Å². The molecule has 0 unspecified atom stereocenters. The average Bonchev–Trinajstić information content (AvgIpc) is 2.72. The van der Waals surface area contributed by atoms with Crippen molar-refractivity contribution in [1.29, 1.82) is 0 Å². The first-order valence-electron chi connectivity index (χ1n) is 9.24. The van der Waals surface area contributed by atoms with Crippen LogP contribution >= 0.6 is 11.8 Å². The van der Waals surface area contributed by atoms with E-state index in [1.165, 1.54) is 4.90 Å². The molecule has 1 aliphatic rings. The van der Waals surface area contributed by atoms with Gasteiger partial charge in [0.1, 0.15) is 6.54 Å². The summed E-state index contributed by atoms with van der Waals surface area (Å²) in [6.07, 6.45) is 1.95. The minimum atomic E-state index is -0.574. The second-order valence-electron chi connectivity index (χ2n) is 6.83. The molecule has 3 amide bonds. The van der Waals surface area contributed by atoms with Crippen molar-refractivity contribution >= 4 is 46.5 Å². The van der Waals surface area contributed by atoms with E-state index >= 15 is 0 Å². The fourth-order valence-electron chi connectivity index (χ4n) is 3.15. The number of thioether (sulfide) groups is 1. The maximum Gasteiger partial charge on any atom is 0.244 e. The third-order valence-electron chi connectivity index (χ3n) is 4.83. The van der Waals surface area contributed by atoms with Crippen molar-refractivity contribution in [1.82, 2.24) is 4.90 Å². The van der Waals surface area contributed by atoms with Gasteiger partial charge in [0.25, 0.3) is 0 Å². The van der Waals surface area contributed by atoms with Gasteiger partial charge in [-0.05, 0) is 44.5 Å². The monoisotopic (exact) mass is 412 g/mol. The van der Waals surface area contributed by atoms with Gasteiger partial charge in [-0.25, -0.2) is 0 Å². The van der Waals surface area contributed by atoms with Gasteiger partial charge < -0.3 is 10.6 Å². The van der Waals surface area contributed by atoms with E-state index in [4.69, 9.17) is 0 Å². The molecule has 8 heteroatoms. The lowest BCUT2D eigenvalue weighted by Gasteiger charge is -2.33. The smallest absolute Gasteiger partial charge is 0.244 e. The molecule has 0 spiro atoms. The molecular formula is C21H24N4O3S. The lowest BCUT2D eigenvalue weighted by Crippen LogP contribution is -2.51. The van der Waals surface area contributed by atoms with Crippen molar-refractivity contribution in [2.24, 2.45) is 0 Å². The Morgan fingerprint density at radius 3 is 2.66 bits per heavy atom. The van der Waals surface area contributed by atoms with Crippen LogP contribution in [0.3, 0.4) is 0 Å². The number of para-hydroxylation sites is 3. The van der Waals surface area contributed by atoms with E-state index in [0.29, 0.717) is 11.4 Å². The third kappa shape index (κ3) is 4.78. The lowest BCUT2D eigenvalue weighted by atomic mass is 10.1. The number of anilines is 3. The maximum absolute atomic E-state index is 13.1. The molecule has 3 rings (SSSR count). The van der Waals surface area contributed by atoms with Crippen LogP contribution in [0.5, 0.6) is 0 Å². The first kappa shape index (κ1) is 20.9. The average molecular weight is 413 g/mol. The normalized spacial score (nSPS) is 14.2. The van der Waals surface area contributed by atoms with Gasteiger partial charge in [0.2, 0.25) is 17.7 Å². The van der Waals surface area contributed by atoms with Crippen molar-refractivity contribution in [3.63, 3.8) is 0 Å². The molecule has 0 aromatic heterocycles. The summed E-state index contributed by atoms with van der Waals surface area (Å²) in [6, 6.07) is 14.2. The Morgan fingerprint density at radius 2 is 1.90 bits per heavy atom. The molecule has 0 radical (unpaired) electrons. The van der Waals surface area contributed by atoms with E-state index < -0.39 is 6.04 Å². The number of nitrogens with one attached hydrogen (secondary N) is 2. The Morgan fingerprint density at radius 1 is 1.21 bits per heavy atom. The van der Waals surface area contributed by atoms with E-state index in [9.17, 15) is 14.4 Å². The summed E-state index contributed by atoms with van der Waals surface area (Å²) in [7, 11) is 1.72. The minimum Gasteiger partial charge on any atom is -0.324 e. The van der Waals surface area contributed by atoms with Gasteiger partial charge in [-0.2, -0.15) is 0 Å². The van der Waals surface area contributed by atoms with Crippen LogP contribution in [-0.4, -0.2) is 55.1 Å². The summed E-state index contributed by atoms with van der Waals surface area (Å²) >= 11 is 1.55. The standard InChI is InChI=1S/C21H24N4O3S/c1-14(21(28)25-13-20(27)22-15-8-4-6-10-17(15)25)24(2)12-19(26)23-16-9-5-7-11-18(16)29-3/h4-11,14H,12-13H2,1-3H3,(H,22,27)(H,23,26)/t14-/m0/s1. The second-order valence-corrected chi connectivity index (χ2v) is 7.68. The predicted molar refractivity (Wildman–Crippen MR) is 116 cm³/mol. The molecule has 1 atom stereocenters.